The number of hydrogen-bond acceptors (Lipinski definition) is 2. The molecule has 0 unspecified atom stereocenters. The fraction of sp³-hybridized carbons (Fsp3) is 0. The predicted octanol–water partition coefficient (Wildman–Crippen LogP) is 6.91. The monoisotopic (exact) mass is 348 g/mol. The molecule has 4 aromatic rings. The van der Waals surface area contributed by atoms with Gasteiger partial charge >= 0.3 is 0 Å². The summed E-state index contributed by atoms with van der Waals surface area (Å²) in [5.41, 5.74) is 5.37. The molecule has 0 aliphatic heterocycles. The normalized spacial score (nSPS) is 10.8. The topological polar surface area (TPSA) is 15.6 Å². The van der Waals surface area contributed by atoms with E-state index in [2.05, 4.69) is 82.7 Å². The van der Waals surface area contributed by atoms with E-state index in [1.165, 1.54) is 0 Å². The van der Waals surface area contributed by atoms with Crippen molar-refractivity contribution in [1.82, 2.24) is 0 Å². The minimum atomic E-state index is 0.950. The van der Waals surface area contributed by atoms with Crippen LogP contribution in [-0.2, 0) is 0 Å². The van der Waals surface area contributed by atoms with Crippen molar-refractivity contribution < 1.29 is 0 Å². The Morgan fingerprint density at radius 2 is 1.04 bits per heavy atom. The van der Waals surface area contributed by atoms with Crippen LogP contribution in [0.4, 0.5) is 22.7 Å². The lowest BCUT2D eigenvalue weighted by molar-refractivity contribution is 1.28. The highest BCUT2D eigenvalue weighted by molar-refractivity contribution is 5.86. The van der Waals surface area contributed by atoms with Crippen molar-refractivity contribution in [2.45, 2.75) is 0 Å². The number of hydrogen-bond donors (Lipinski definition) is 0. The van der Waals surface area contributed by atoms with Crippen LogP contribution < -0.4 is 4.90 Å². The summed E-state index contributed by atoms with van der Waals surface area (Å²) in [5.74, 6) is 0. The molecular formula is C25H20N2. The molecule has 0 atom stereocenters. The third kappa shape index (κ3) is 4.13. The van der Waals surface area contributed by atoms with Crippen LogP contribution >= 0.6 is 0 Å². The quantitative estimate of drug-likeness (QED) is 0.358. The van der Waals surface area contributed by atoms with Crippen molar-refractivity contribution in [2.75, 3.05) is 4.90 Å². The molecule has 130 valence electrons. The number of benzene rings is 4. The summed E-state index contributed by atoms with van der Waals surface area (Å²) in [7, 11) is 0. The summed E-state index contributed by atoms with van der Waals surface area (Å²) in [6.07, 6.45) is 1.91. The highest BCUT2D eigenvalue weighted by atomic mass is 15.1. The van der Waals surface area contributed by atoms with Crippen molar-refractivity contribution in [2.24, 2.45) is 4.99 Å². The standard InChI is InChI=1S/C25H20N2/c1-4-12-22(13-5-1)26-20-21-11-10-18-25(19-21)27(23-14-6-2-7-15-23)24-16-8-3-9-17-24/h1-20H. The minimum Gasteiger partial charge on any atom is -0.310 e. The molecule has 4 rings (SSSR count). The summed E-state index contributed by atoms with van der Waals surface area (Å²) in [4.78, 5) is 6.83. The van der Waals surface area contributed by atoms with Gasteiger partial charge in [0, 0.05) is 23.3 Å². The van der Waals surface area contributed by atoms with E-state index in [0.717, 1.165) is 28.3 Å². The second-order valence-corrected chi connectivity index (χ2v) is 6.20. The second-order valence-electron chi connectivity index (χ2n) is 6.20. The lowest BCUT2D eigenvalue weighted by Gasteiger charge is -2.25. The minimum absolute atomic E-state index is 0.950. The summed E-state index contributed by atoms with van der Waals surface area (Å²) < 4.78 is 0. The van der Waals surface area contributed by atoms with Gasteiger partial charge in [-0.2, -0.15) is 0 Å². The molecule has 0 N–H and O–H groups in total. The van der Waals surface area contributed by atoms with Crippen molar-refractivity contribution in [3.05, 3.63) is 121 Å². The summed E-state index contributed by atoms with van der Waals surface area (Å²) in [6, 6.07) is 39.2. The molecule has 2 nitrogen and oxygen atoms in total. The van der Waals surface area contributed by atoms with Gasteiger partial charge in [0.1, 0.15) is 0 Å². The molecule has 0 aromatic heterocycles. The highest BCUT2D eigenvalue weighted by Crippen LogP contribution is 2.34. The molecule has 0 saturated heterocycles. The van der Waals surface area contributed by atoms with Gasteiger partial charge in [0.15, 0.2) is 0 Å². The average Bonchev–Trinajstić information content (AvgIpc) is 2.75. The maximum atomic E-state index is 4.58. The molecule has 0 bridgehead atoms. The van der Waals surface area contributed by atoms with Crippen LogP contribution in [0.15, 0.2) is 120 Å². The molecule has 0 fully saturated rings. The Morgan fingerprint density at radius 1 is 0.519 bits per heavy atom. The number of aliphatic imine (C=N–C) groups is 1. The fourth-order valence-electron chi connectivity index (χ4n) is 3.01. The largest absolute Gasteiger partial charge is 0.310 e. The first kappa shape index (κ1) is 16.8. The van der Waals surface area contributed by atoms with E-state index in [1.807, 2.05) is 48.7 Å². The molecule has 0 saturated carbocycles. The zero-order valence-corrected chi connectivity index (χ0v) is 14.9. The van der Waals surface area contributed by atoms with Crippen LogP contribution in [-0.4, -0.2) is 6.21 Å². The van der Waals surface area contributed by atoms with Crippen molar-refractivity contribution in [1.29, 1.82) is 0 Å². The Kier molecular flexibility index (Phi) is 5.07. The third-order valence-electron chi connectivity index (χ3n) is 4.28. The summed E-state index contributed by atoms with van der Waals surface area (Å²) in [6.45, 7) is 0. The van der Waals surface area contributed by atoms with E-state index in [9.17, 15) is 0 Å². The Balaban J connectivity index is 1.72. The highest BCUT2D eigenvalue weighted by Gasteiger charge is 2.11. The van der Waals surface area contributed by atoms with E-state index in [4.69, 9.17) is 0 Å². The van der Waals surface area contributed by atoms with Gasteiger partial charge in [0.05, 0.1) is 5.69 Å². The van der Waals surface area contributed by atoms with Crippen LogP contribution in [0.3, 0.4) is 0 Å². The van der Waals surface area contributed by atoms with Gasteiger partial charge in [-0.15, -0.1) is 0 Å². The Bertz CT molecular complexity index is 970. The molecular weight excluding hydrogens is 328 g/mol. The maximum absolute atomic E-state index is 4.58. The van der Waals surface area contributed by atoms with Crippen LogP contribution in [0.1, 0.15) is 5.56 Å². The van der Waals surface area contributed by atoms with Crippen LogP contribution in [0.25, 0.3) is 0 Å². The predicted molar refractivity (Wildman–Crippen MR) is 115 cm³/mol. The van der Waals surface area contributed by atoms with Gasteiger partial charge in [0.25, 0.3) is 0 Å². The molecule has 0 radical (unpaired) electrons. The zero-order valence-electron chi connectivity index (χ0n) is 14.9. The molecule has 27 heavy (non-hydrogen) atoms. The first-order valence-electron chi connectivity index (χ1n) is 8.99. The van der Waals surface area contributed by atoms with Crippen LogP contribution in [0, 0.1) is 0 Å². The lowest BCUT2D eigenvalue weighted by atomic mass is 10.1. The first-order chi connectivity index (χ1) is 13.4. The molecule has 0 amide bonds. The van der Waals surface area contributed by atoms with Gasteiger partial charge in [-0.05, 0) is 54.1 Å². The second kappa shape index (κ2) is 8.15. The number of anilines is 3. The van der Waals surface area contributed by atoms with Crippen molar-refractivity contribution in [3.63, 3.8) is 0 Å². The van der Waals surface area contributed by atoms with E-state index in [0.29, 0.717) is 0 Å². The molecule has 0 spiro atoms. The molecule has 0 aliphatic rings. The van der Waals surface area contributed by atoms with Gasteiger partial charge < -0.3 is 4.90 Å². The Hall–Kier alpha value is -3.65. The van der Waals surface area contributed by atoms with Gasteiger partial charge in [-0.25, -0.2) is 0 Å². The van der Waals surface area contributed by atoms with E-state index >= 15 is 0 Å². The van der Waals surface area contributed by atoms with Gasteiger partial charge in [0.2, 0.25) is 0 Å². The number of rotatable bonds is 5. The molecule has 0 heterocycles. The summed E-state index contributed by atoms with van der Waals surface area (Å²) >= 11 is 0. The van der Waals surface area contributed by atoms with E-state index < -0.39 is 0 Å². The number of nitrogens with zero attached hydrogens (tertiary/aromatic N) is 2. The van der Waals surface area contributed by atoms with Gasteiger partial charge in [-0.3, -0.25) is 4.99 Å². The Labute approximate surface area is 160 Å². The first-order valence-corrected chi connectivity index (χ1v) is 8.99. The van der Waals surface area contributed by atoms with Crippen molar-refractivity contribution >= 4 is 29.0 Å². The smallest absolute Gasteiger partial charge is 0.0629 e. The zero-order chi connectivity index (χ0) is 18.3. The van der Waals surface area contributed by atoms with Crippen molar-refractivity contribution in [3.8, 4) is 0 Å². The summed E-state index contributed by atoms with van der Waals surface area (Å²) in [5, 5.41) is 0. The SMILES string of the molecule is C(=Nc1ccccc1)c1cccc(N(c2ccccc2)c2ccccc2)c1. The Morgan fingerprint density at radius 3 is 1.63 bits per heavy atom. The average molecular weight is 348 g/mol. The third-order valence-corrected chi connectivity index (χ3v) is 4.28. The molecule has 0 aliphatic carbocycles. The molecule has 4 aromatic carbocycles. The maximum Gasteiger partial charge on any atom is 0.0629 e. The van der Waals surface area contributed by atoms with E-state index in [-0.39, 0.29) is 0 Å². The molecule has 2 heteroatoms. The number of para-hydroxylation sites is 3. The lowest BCUT2D eigenvalue weighted by Crippen LogP contribution is -2.09. The fourth-order valence-corrected chi connectivity index (χ4v) is 3.01. The van der Waals surface area contributed by atoms with Crippen LogP contribution in [0.5, 0.6) is 0 Å². The van der Waals surface area contributed by atoms with Crippen LogP contribution in [0.2, 0.25) is 0 Å². The van der Waals surface area contributed by atoms with Gasteiger partial charge in [-0.1, -0.05) is 66.7 Å². The van der Waals surface area contributed by atoms with E-state index in [1.54, 1.807) is 0 Å².